The van der Waals surface area contributed by atoms with Crippen molar-refractivity contribution in [2.45, 2.75) is 19.3 Å². The molecule has 0 saturated heterocycles. The van der Waals surface area contributed by atoms with E-state index in [2.05, 4.69) is 214 Å². The van der Waals surface area contributed by atoms with Crippen molar-refractivity contribution in [1.29, 1.82) is 0 Å². The van der Waals surface area contributed by atoms with Crippen LogP contribution in [-0.2, 0) is 19.3 Å². The Balaban J connectivity index is 1.21. The van der Waals surface area contributed by atoms with Gasteiger partial charge in [0.15, 0.2) is 0 Å². The molecule has 0 radical (unpaired) electrons. The lowest BCUT2D eigenvalue weighted by Gasteiger charge is -2.17. The summed E-state index contributed by atoms with van der Waals surface area (Å²) in [5, 5.41) is 0. The summed E-state index contributed by atoms with van der Waals surface area (Å²) in [7, 11) is 0. The van der Waals surface area contributed by atoms with E-state index in [-0.39, 0.29) is 0 Å². The monoisotopic (exact) mass is 774 g/mol. The third kappa shape index (κ3) is 7.50. The summed E-state index contributed by atoms with van der Waals surface area (Å²) >= 11 is 0. The highest BCUT2D eigenvalue weighted by molar-refractivity contribution is 5.78. The standard InChI is InChI=1S/C54H42N6/c1-7-19-40(20-8-1)31-49-37-55-52(58(49)46-25-13-4-14-26-46)43-34-44(53-56-38-50(32-41-21-9-2-10-22-41)59(53)47-27-15-5-16-28-47)36-45(35-43)54-57-39-51(33-42-23-11-3-12-24-42)60(54)48-29-17-6-18-30-48/h1-30,34-39H,31-33H2. The van der Waals surface area contributed by atoms with E-state index >= 15 is 0 Å². The number of hydrogen-bond donors (Lipinski definition) is 0. The minimum absolute atomic E-state index is 0.734. The summed E-state index contributed by atoms with van der Waals surface area (Å²) in [6.07, 6.45) is 8.27. The Morgan fingerprint density at radius 1 is 0.283 bits per heavy atom. The first kappa shape index (κ1) is 36.5. The zero-order valence-corrected chi connectivity index (χ0v) is 33.1. The molecular formula is C54H42N6. The molecule has 10 rings (SSSR count). The Morgan fingerprint density at radius 3 is 0.767 bits per heavy atom. The third-order valence-electron chi connectivity index (χ3n) is 10.9. The van der Waals surface area contributed by atoms with E-state index in [0.717, 1.165) is 87.6 Å². The number of hydrogen-bond acceptors (Lipinski definition) is 3. The van der Waals surface area contributed by atoms with Crippen molar-refractivity contribution in [3.05, 3.63) is 253 Å². The van der Waals surface area contributed by atoms with Gasteiger partial charge < -0.3 is 0 Å². The summed E-state index contributed by atoms with van der Waals surface area (Å²) in [6.45, 7) is 0. The fraction of sp³-hybridized carbons (Fsp3) is 0.0556. The van der Waals surface area contributed by atoms with Crippen molar-refractivity contribution in [2.24, 2.45) is 0 Å². The van der Waals surface area contributed by atoms with E-state index in [1.165, 1.54) is 16.7 Å². The number of nitrogens with zero attached hydrogens (tertiary/aromatic N) is 6. The van der Waals surface area contributed by atoms with Crippen LogP contribution in [0.25, 0.3) is 51.2 Å². The third-order valence-corrected chi connectivity index (χ3v) is 10.9. The minimum atomic E-state index is 0.734. The molecule has 0 spiro atoms. The summed E-state index contributed by atoms with van der Waals surface area (Å²) in [5.74, 6) is 2.54. The van der Waals surface area contributed by atoms with Crippen molar-refractivity contribution in [1.82, 2.24) is 28.7 Å². The Bertz CT molecular complexity index is 2630. The van der Waals surface area contributed by atoms with Crippen LogP contribution in [0.2, 0.25) is 0 Å². The van der Waals surface area contributed by atoms with Crippen LogP contribution in [0, 0.1) is 0 Å². The molecule has 0 aliphatic carbocycles. The van der Waals surface area contributed by atoms with Gasteiger partial charge in [0.2, 0.25) is 0 Å². The van der Waals surface area contributed by atoms with Gasteiger partial charge in [-0.05, 0) is 71.3 Å². The van der Waals surface area contributed by atoms with Crippen LogP contribution in [0.4, 0.5) is 0 Å². The predicted octanol–water partition coefficient (Wildman–Crippen LogP) is 12.0. The predicted molar refractivity (Wildman–Crippen MR) is 242 cm³/mol. The van der Waals surface area contributed by atoms with E-state index in [1.54, 1.807) is 0 Å². The summed E-state index contributed by atoms with van der Waals surface area (Å²) < 4.78 is 6.89. The maximum atomic E-state index is 5.22. The van der Waals surface area contributed by atoms with Crippen LogP contribution in [0.5, 0.6) is 0 Å². The number of aromatic nitrogens is 6. The summed E-state index contributed by atoms with van der Waals surface area (Å²) in [4.78, 5) is 15.7. The van der Waals surface area contributed by atoms with Crippen LogP contribution in [0.1, 0.15) is 33.8 Å². The maximum absolute atomic E-state index is 5.22. The molecule has 288 valence electrons. The lowest BCUT2D eigenvalue weighted by molar-refractivity contribution is 0.956. The number of benzene rings is 7. The second kappa shape index (κ2) is 16.6. The van der Waals surface area contributed by atoms with Gasteiger partial charge in [-0.1, -0.05) is 146 Å². The molecule has 0 saturated carbocycles. The van der Waals surface area contributed by atoms with E-state index in [0.29, 0.717) is 0 Å². The van der Waals surface area contributed by atoms with Crippen molar-refractivity contribution >= 4 is 0 Å². The molecule has 7 aromatic carbocycles. The van der Waals surface area contributed by atoms with Gasteiger partial charge in [-0.3, -0.25) is 13.7 Å². The molecule has 6 heteroatoms. The quantitative estimate of drug-likeness (QED) is 0.124. The first-order chi connectivity index (χ1) is 29.7. The number of para-hydroxylation sites is 3. The average molecular weight is 775 g/mol. The highest BCUT2D eigenvalue weighted by Crippen LogP contribution is 2.37. The molecule has 0 atom stereocenters. The van der Waals surface area contributed by atoms with Crippen LogP contribution < -0.4 is 0 Å². The van der Waals surface area contributed by atoms with E-state index in [1.807, 2.05) is 18.6 Å². The zero-order valence-electron chi connectivity index (χ0n) is 33.1. The largest absolute Gasteiger partial charge is 0.296 e. The molecule has 3 aromatic heterocycles. The summed E-state index contributed by atoms with van der Waals surface area (Å²) in [5.41, 5.74) is 13.0. The second-order valence-corrected chi connectivity index (χ2v) is 15.0. The van der Waals surface area contributed by atoms with Crippen LogP contribution in [0.3, 0.4) is 0 Å². The van der Waals surface area contributed by atoms with Gasteiger partial charge in [0.05, 0.1) is 0 Å². The molecule has 0 unspecified atom stereocenters. The van der Waals surface area contributed by atoms with Gasteiger partial charge >= 0.3 is 0 Å². The first-order valence-corrected chi connectivity index (χ1v) is 20.4. The normalized spacial score (nSPS) is 11.2. The Kier molecular flexibility index (Phi) is 10.1. The van der Waals surface area contributed by atoms with Gasteiger partial charge in [-0.15, -0.1) is 0 Å². The molecular weight excluding hydrogens is 733 g/mol. The van der Waals surface area contributed by atoms with Gasteiger partial charge in [0.1, 0.15) is 17.5 Å². The van der Waals surface area contributed by atoms with Crippen LogP contribution in [-0.4, -0.2) is 28.7 Å². The van der Waals surface area contributed by atoms with E-state index < -0.39 is 0 Å². The molecule has 0 fully saturated rings. The number of imidazole rings is 3. The molecule has 0 N–H and O–H groups in total. The molecule has 0 bridgehead atoms. The zero-order chi connectivity index (χ0) is 40.1. The second-order valence-electron chi connectivity index (χ2n) is 15.0. The fourth-order valence-electron chi connectivity index (χ4n) is 8.17. The fourth-order valence-corrected chi connectivity index (χ4v) is 8.17. The lowest BCUT2D eigenvalue weighted by Crippen LogP contribution is -2.06. The van der Waals surface area contributed by atoms with Gasteiger partial charge in [-0.25, -0.2) is 15.0 Å². The minimum Gasteiger partial charge on any atom is -0.296 e. The van der Waals surface area contributed by atoms with Gasteiger partial charge in [0, 0.05) is 88.7 Å². The lowest BCUT2D eigenvalue weighted by atomic mass is 10.0. The van der Waals surface area contributed by atoms with Crippen LogP contribution >= 0.6 is 0 Å². The highest BCUT2D eigenvalue weighted by atomic mass is 15.1. The number of rotatable bonds is 12. The van der Waals surface area contributed by atoms with E-state index in [9.17, 15) is 0 Å². The molecule has 60 heavy (non-hydrogen) atoms. The molecule has 0 amide bonds. The van der Waals surface area contributed by atoms with Crippen LogP contribution in [0.15, 0.2) is 219 Å². The maximum Gasteiger partial charge on any atom is 0.144 e. The first-order valence-electron chi connectivity index (χ1n) is 20.4. The van der Waals surface area contributed by atoms with Crippen molar-refractivity contribution in [3.63, 3.8) is 0 Å². The molecule has 6 nitrogen and oxygen atoms in total. The molecule has 3 heterocycles. The highest BCUT2D eigenvalue weighted by Gasteiger charge is 2.22. The topological polar surface area (TPSA) is 53.5 Å². The van der Waals surface area contributed by atoms with Crippen molar-refractivity contribution < 1.29 is 0 Å². The average Bonchev–Trinajstić information content (AvgIpc) is 4.06. The summed E-state index contributed by atoms with van der Waals surface area (Å²) in [6, 6.07) is 70.1. The van der Waals surface area contributed by atoms with Gasteiger partial charge in [0.25, 0.3) is 0 Å². The Labute approximate surface area is 350 Å². The smallest absolute Gasteiger partial charge is 0.144 e. The molecule has 0 aliphatic rings. The van der Waals surface area contributed by atoms with Gasteiger partial charge in [-0.2, -0.15) is 0 Å². The van der Waals surface area contributed by atoms with Crippen molar-refractivity contribution in [2.75, 3.05) is 0 Å². The molecule has 10 aromatic rings. The SMILES string of the molecule is c1ccc(Cc2cnc(-c3cc(-c4ncc(Cc5ccccc5)n4-c4ccccc4)cc(-c4ncc(Cc5ccccc5)n4-c4ccccc4)c3)n2-c2ccccc2)cc1. The Hall–Kier alpha value is -7.83. The molecule has 0 aliphatic heterocycles. The Morgan fingerprint density at radius 2 is 0.517 bits per heavy atom. The van der Waals surface area contributed by atoms with E-state index in [4.69, 9.17) is 15.0 Å². The van der Waals surface area contributed by atoms with Crippen molar-refractivity contribution in [3.8, 4) is 51.2 Å².